The normalized spacial score (nSPS) is 14.2. The number of amides is 1. The van der Waals surface area contributed by atoms with Crippen LogP contribution in [0.5, 0.6) is 0 Å². The highest BCUT2D eigenvalue weighted by molar-refractivity contribution is 8.14. The summed E-state index contributed by atoms with van der Waals surface area (Å²) in [7, 11) is 1.33. The number of fused-ring (bicyclic) bond motifs is 1. The third-order valence-electron chi connectivity index (χ3n) is 3.48. The molecule has 1 aromatic carbocycles. The van der Waals surface area contributed by atoms with Gasteiger partial charge in [-0.2, -0.15) is 0 Å². The zero-order valence-electron chi connectivity index (χ0n) is 13.7. The Morgan fingerprint density at radius 2 is 2.09 bits per heavy atom. The molecule has 1 amide bonds. The molecule has 1 N–H and O–H groups in total. The average Bonchev–Trinajstić information content (AvgIpc) is 2.94. The number of para-hydroxylation sites is 1. The van der Waals surface area contributed by atoms with Crippen molar-refractivity contribution in [2.24, 2.45) is 10.9 Å². The van der Waals surface area contributed by atoms with E-state index < -0.39 is 12.0 Å². The lowest BCUT2D eigenvalue weighted by Crippen LogP contribution is -2.43. The SMILES string of the molecule is COC(=O)[C@@H](CC(C)C)NC(=O)CSC1=Nc2ccccc2C1. The van der Waals surface area contributed by atoms with Gasteiger partial charge in [-0.25, -0.2) is 9.79 Å². The molecule has 6 heteroatoms. The van der Waals surface area contributed by atoms with Gasteiger partial charge in [0, 0.05) is 6.42 Å². The fraction of sp³-hybridized carbons (Fsp3) is 0.471. The van der Waals surface area contributed by atoms with Crippen LogP contribution in [0.3, 0.4) is 0 Å². The summed E-state index contributed by atoms with van der Waals surface area (Å²) in [4.78, 5) is 28.3. The van der Waals surface area contributed by atoms with Gasteiger partial charge in [-0.1, -0.05) is 32.0 Å². The first-order chi connectivity index (χ1) is 11.0. The van der Waals surface area contributed by atoms with Crippen LogP contribution >= 0.6 is 11.8 Å². The molecule has 1 aliphatic rings. The first-order valence-corrected chi connectivity index (χ1v) is 8.63. The number of esters is 1. The van der Waals surface area contributed by atoms with E-state index in [2.05, 4.69) is 10.3 Å². The number of thioether (sulfide) groups is 1. The van der Waals surface area contributed by atoms with E-state index in [1.54, 1.807) is 0 Å². The number of nitrogens with one attached hydrogen (secondary N) is 1. The quantitative estimate of drug-likeness (QED) is 0.812. The number of hydrogen-bond donors (Lipinski definition) is 1. The fourth-order valence-electron chi connectivity index (χ4n) is 2.40. The number of ether oxygens (including phenoxy) is 1. The van der Waals surface area contributed by atoms with Crippen molar-refractivity contribution in [2.75, 3.05) is 12.9 Å². The van der Waals surface area contributed by atoms with Crippen LogP contribution in [-0.2, 0) is 20.7 Å². The van der Waals surface area contributed by atoms with Crippen molar-refractivity contribution in [3.05, 3.63) is 29.8 Å². The van der Waals surface area contributed by atoms with Crippen LogP contribution in [0, 0.1) is 5.92 Å². The van der Waals surface area contributed by atoms with Gasteiger partial charge in [-0.15, -0.1) is 11.8 Å². The molecule has 2 rings (SSSR count). The highest BCUT2D eigenvalue weighted by Gasteiger charge is 2.23. The predicted molar refractivity (Wildman–Crippen MR) is 93.1 cm³/mol. The van der Waals surface area contributed by atoms with E-state index in [-0.39, 0.29) is 11.7 Å². The first kappa shape index (κ1) is 17.5. The van der Waals surface area contributed by atoms with E-state index in [4.69, 9.17) is 4.74 Å². The summed E-state index contributed by atoms with van der Waals surface area (Å²) in [6, 6.07) is 7.37. The molecule has 0 radical (unpaired) electrons. The smallest absolute Gasteiger partial charge is 0.328 e. The summed E-state index contributed by atoms with van der Waals surface area (Å²) >= 11 is 1.41. The number of benzene rings is 1. The summed E-state index contributed by atoms with van der Waals surface area (Å²) in [5.74, 6) is -0.0357. The molecule has 0 aliphatic carbocycles. The van der Waals surface area contributed by atoms with E-state index in [0.717, 1.165) is 17.2 Å². The Morgan fingerprint density at radius 1 is 1.35 bits per heavy atom. The summed E-state index contributed by atoms with van der Waals surface area (Å²) in [5.41, 5.74) is 2.16. The molecule has 1 atom stereocenters. The van der Waals surface area contributed by atoms with Gasteiger partial charge in [0.2, 0.25) is 5.91 Å². The summed E-state index contributed by atoms with van der Waals surface area (Å²) in [6.45, 7) is 4.00. The molecule has 0 saturated carbocycles. The minimum Gasteiger partial charge on any atom is -0.467 e. The van der Waals surface area contributed by atoms with Crippen LogP contribution in [0.15, 0.2) is 29.3 Å². The van der Waals surface area contributed by atoms with Gasteiger partial charge in [-0.05, 0) is 24.0 Å². The number of hydrogen-bond acceptors (Lipinski definition) is 5. The van der Waals surface area contributed by atoms with Gasteiger partial charge in [0.05, 0.1) is 23.6 Å². The largest absolute Gasteiger partial charge is 0.467 e. The minimum absolute atomic E-state index is 0.176. The standard InChI is InChI=1S/C17H22N2O3S/c1-11(2)8-14(17(21)22-3)18-15(20)10-23-16-9-12-6-4-5-7-13(12)19-16/h4-7,11,14H,8-10H2,1-3H3,(H,18,20)/t14-/m1/s1. The molecular weight excluding hydrogens is 312 g/mol. The van der Waals surface area contributed by atoms with Gasteiger partial charge < -0.3 is 10.1 Å². The molecule has 1 heterocycles. The molecule has 23 heavy (non-hydrogen) atoms. The van der Waals surface area contributed by atoms with E-state index in [1.807, 2.05) is 38.1 Å². The molecule has 0 unspecified atom stereocenters. The van der Waals surface area contributed by atoms with Crippen LogP contribution in [0.2, 0.25) is 0 Å². The number of methoxy groups -OCH3 is 1. The fourth-order valence-corrected chi connectivity index (χ4v) is 3.20. The third kappa shape index (κ3) is 5.10. The van der Waals surface area contributed by atoms with Gasteiger partial charge in [0.1, 0.15) is 6.04 Å². The lowest BCUT2D eigenvalue weighted by Gasteiger charge is -2.18. The third-order valence-corrected chi connectivity index (χ3v) is 4.45. The lowest BCUT2D eigenvalue weighted by atomic mass is 10.0. The van der Waals surface area contributed by atoms with Gasteiger partial charge in [0.25, 0.3) is 0 Å². The zero-order chi connectivity index (χ0) is 16.8. The van der Waals surface area contributed by atoms with Gasteiger partial charge in [-0.3, -0.25) is 4.79 Å². The Balaban J connectivity index is 1.84. The van der Waals surface area contributed by atoms with Crippen molar-refractivity contribution in [3.8, 4) is 0 Å². The molecule has 0 spiro atoms. The Kier molecular flexibility index (Phi) is 6.21. The van der Waals surface area contributed by atoms with Crippen molar-refractivity contribution in [1.82, 2.24) is 5.32 Å². The Morgan fingerprint density at radius 3 is 2.74 bits per heavy atom. The second-order valence-corrected chi connectivity index (χ2v) is 6.92. The Hall–Kier alpha value is -1.82. The second kappa shape index (κ2) is 8.15. The van der Waals surface area contributed by atoms with Crippen molar-refractivity contribution in [3.63, 3.8) is 0 Å². The van der Waals surface area contributed by atoms with Gasteiger partial charge >= 0.3 is 5.97 Å². The van der Waals surface area contributed by atoms with E-state index in [1.165, 1.54) is 24.4 Å². The number of carbonyl (C=O) groups excluding carboxylic acids is 2. The molecule has 1 aromatic rings. The molecular formula is C17H22N2O3S. The molecule has 124 valence electrons. The van der Waals surface area contributed by atoms with Crippen LogP contribution in [0.4, 0.5) is 5.69 Å². The molecule has 0 aromatic heterocycles. The average molecular weight is 334 g/mol. The first-order valence-electron chi connectivity index (χ1n) is 7.65. The number of rotatable bonds is 6. The lowest BCUT2D eigenvalue weighted by molar-refractivity contribution is -0.145. The number of carbonyl (C=O) groups is 2. The van der Waals surface area contributed by atoms with Crippen molar-refractivity contribution < 1.29 is 14.3 Å². The topological polar surface area (TPSA) is 67.8 Å². The van der Waals surface area contributed by atoms with Crippen molar-refractivity contribution in [2.45, 2.75) is 32.7 Å². The Bertz CT molecular complexity index is 614. The molecule has 5 nitrogen and oxygen atoms in total. The van der Waals surface area contributed by atoms with Crippen LogP contribution < -0.4 is 5.32 Å². The molecule has 1 aliphatic heterocycles. The highest BCUT2D eigenvalue weighted by Crippen LogP contribution is 2.29. The Labute approximate surface area is 140 Å². The zero-order valence-corrected chi connectivity index (χ0v) is 14.5. The minimum atomic E-state index is -0.587. The summed E-state index contributed by atoms with van der Waals surface area (Å²) < 4.78 is 4.75. The molecule has 0 saturated heterocycles. The maximum Gasteiger partial charge on any atom is 0.328 e. The summed E-state index contributed by atoms with van der Waals surface area (Å²) in [6.07, 6.45) is 1.33. The maximum atomic E-state index is 12.1. The van der Waals surface area contributed by atoms with E-state index >= 15 is 0 Å². The van der Waals surface area contributed by atoms with E-state index in [9.17, 15) is 9.59 Å². The maximum absolute atomic E-state index is 12.1. The number of nitrogens with zero attached hydrogens (tertiary/aromatic N) is 1. The van der Waals surface area contributed by atoms with Crippen LogP contribution in [0.25, 0.3) is 0 Å². The molecule has 0 fully saturated rings. The van der Waals surface area contributed by atoms with Crippen LogP contribution in [-0.4, -0.2) is 35.8 Å². The van der Waals surface area contributed by atoms with E-state index in [0.29, 0.717) is 12.3 Å². The second-order valence-electron chi connectivity index (χ2n) is 5.87. The predicted octanol–water partition coefficient (Wildman–Crippen LogP) is 2.71. The van der Waals surface area contributed by atoms with Crippen molar-refractivity contribution >= 4 is 34.4 Å². The monoisotopic (exact) mass is 334 g/mol. The molecule has 0 bridgehead atoms. The highest BCUT2D eigenvalue weighted by atomic mass is 32.2. The van der Waals surface area contributed by atoms with Gasteiger partial charge in [0.15, 0.2) is 0 Å². The van der Waals surface area contributed by atoms with Crippen molar-refractivity contribution in [1.29, 1.82) is 0 Å². The summed E-state index contributed by atoms with van der Waals surface area (Å²) in [5, 5.41) is 3.69. The number of aliphatic imine (C=N–C) groups is 1. The van der Waals surface area contributed by atoms with Crippen LogP contribution in [0.1, 0.15) is 25.8 Å².